The number of benzene rings is 1. The highest BCUT2D eigenvalue weighted by Gasteiger charge is 2.11. The summed E-state index contributed by atoms with van der Waals surface area (Å²) in [4.78, 5) is 1.93. The van der Waals surface area contributed by atoms with E-state index in [0.29, 0.717) is 18.3 Å². The molecule has 1 N–H and O–H groups in total. The Morgan fingerprint density at radius 3 is 2.53 bits per heavy atom. The molecule has 0 amide bonds. The predicted molar refractivity (Wildman–Crippen MR) is 62.7 cm³/mol. The highest BCUT2D eigenvalue weighted by Crippen LogP contribution is 2.05. The van der Waals surface area contributed by atoms with Crippen LogP contribution in [0.4, 0.5) is 0 Å². The van der Waals surface area contributed by atoms with Crippen molar-refractivity contribution in [2.45, 2.75) is 6.92 Å². The van der Waals surface area contributed by atoms with Gasteiger partial charge in [0.25, 0.3) is 0 Å². The van der Waals surface area contributed by atoms with Crippen molar-refractivity contribution in [3.63, 3.8) is 0 Å². The van der Waals surface area contributed by atoms with Gasteiger partial charge in [-0.2, -0.15) is 0 Å². The molecule has 0 aromatic heterocycles. The van der Waals surface area contributed by atoms with Crippen LogP contribution in [-0.4, -0.2) is 34.9 Å². The molecular weight excluding hydrogens is 212 g/mol. The minimum absolute atomic E-state index is 0.514. The Hall–Kier alpha value is -1.22. The molecule has 3 nitrogen and oxygen atoms in total. The van der Waals surface area contributed by atoms with Gasteiger partial charge in [0, 0.05) is 24.5 Å². The topological polar surface area (TPSA) is 35.8 Å². The molecule has 0 saturated carbocycles. The lowest BCUT2D eigenvalue weighted by Gasteiger charge is -2.22. The minimum atomic E-state index is 0.514. The number of alkyl halides is 1. The molecular formula is C11H15ClN2O. The predicted octanol–water partition coefficient (Wildman–Crippen LogP) is 2.38. The summed E-state index contributed by atoms with van der Waals surface area (Å²) in [5.74, 6) is 1.08. The lowest BCUT2D eigenvalue weighted by atomic mass is 10.2. The maximum atomic E-state index is 9.01. The maximum absolute atomic E-state index is 9.01. The zero-order valence-electron chi connectivity index (χ0n) is 8.73. The molecule has 1 aromatic carbocycles. The first-order valence-electron chi connectivity index (χ1n) is 4.91. The third-order valence-corrected chi connectivity index (χ3v) is 2.33. The fraction of sp³-hybridized carbons (Fsp3) is 0.364. The highest BCUT2D eigenvalue weighted by atomic mass is 35.5. The lowest BCUT2D eigenvalue weighted by molar-refractivity contribution is 0.304. The molecule has 82 valence electrons. The average molecular weight is 227 g/mol. The molecule has 0 saturated heterocycles. The standard InChI is InChI=1S/C11H15ClN2O/c1-2-14(9-8-12)11(13-15)10-6-4-3-5-7-10/h3-7,15H,2,8-9H2,1H3/b13-11+. The Bertz CT molecular complexity index is 314. The van der Waals surface area contributed by atoms with Crippen molar-refractivity contribution < 1.29 is 5.21 Å². The van der Waals surface area contributed by atoms with Crippen LogP contribution in [0.5, 0.6) is 0 Å². The molecule has 0 fully saturated rings. The number of hydrogen-bond acceptors (Lipinski definition) is 2. The van der Waals surface area contributed by atoms with Gasteiger partial charge in [0.15, 0.2) is 5.84 Å². The number of halogens is 1. The van der Waals surface area contributed by atoms with Crippen molar-refractivity contribution in [2.75, 3.05) is 19.0 Å². The second-order valence-electron chi connectivity index (χ2n) is 3.06. The Kier molecular flexibility index (Phi) is 4.98. The van der Waals surface area contributed by atoms with Crippen LogP contribution in [0.1, 0.15) is 12.5 Å². The fourth-order valence-corrected chi connectivity index (χ4v) is 1.61. The van der Waals surface area contributed by atoms with Gasteiger partial charge in [-0.05, 0) is 6.92 Å². The van der Waals surface area contributed by atoms with Gasteiger partial charge in [-0.15, -0.1) is 11.6 Å². The first-order chi connectivity index (χ1) is 7.33. The van der Waals surface area contributed by atoms with Crippen molar-refractivity contribution in [1.82, 2.24) is 4.90 Å². The van der Waals surface area contributed by atoms with E-state index in [1.54, 1.807) is 0 Å². The number of oxime groups is 1. The van der Waals surface area contributed by atoms with Crippen LogP contribution in [0, 0.1) is 0 Å². The molecule has 4 heteroatoms. The van der Waals surface area contributed by atoms with E-state index < -0.39 is 0 Å². The van der Waals surface area contributed by atoms with Gasteiger partial charge in [-0.3, -0.25) is 0 Å². The van der Waals surface area contributed by atoms with E-state index in [4.69, 9.17) is 16.8 Å². The Labute approximate surface area is 95.0 Å². The van der Waals surface area contributed by atoms with Crippen molar-refractivity contribution in [1.29, 1.82) is 0 Å². The smallest absolute Gasteiger partial charge is 0.175 e. The zero-order valence-corrected chi connectivity index (χ0v) is 9.48. The third kappa shape index (κ3) is 3.13. The van der Waals surface area contributed by atoms with Crippen LogP contribution >= 0.6 is 11.6 Å². The van der Waals surface area contributed by atoms with E-state index >= 15 is 0 Å². The van der Waals surface area contributed by atoms with Gasteiger partial charge in [0.1, 0.15) is 0 Å². The quantitative estimate of drug-likeness (QED) is 0.281. The maximum Gasteiger partial charge on any atom is 0.175 e. The van der Waals surface area contributed by atoms with Crippen LogP contribution in [0.3, 0.4) is 0 Å². The van der Waals surface area contributed by atoms with Gasteiger partial charge >= 0.3 is 0 Å². The second kappa shape index (κ2) is 6.30. The van der Waals surface area contributed by atoms with E-state index in [1.165, 1.54) is 0 Å². The summed E-state index contributed by atoms with van der Waals surface area (Å²) < 4.78 is 0. The van der Waals surface area contributed by atoms with Gasteiger partial charge in [0.2, 0.25) is 0 Å². The monoisotopic (exact) mass is 226 g/mol. The highest BCUT2D eigenvalue weighted by molar-refractivity contribution is 6.18. The van der Waals surface area contributed by atoms with Crippen LogP contribution in [0.2, 0.25) is 0 Å². The number of rotatable bonds is 4. The summed E-state index contributed by atoms with van der Waals surface area (Å²) in [7, 11) is 0. The van der Waals surface area contributed by atoms with Crippen LogP contribution < -0.4 is 0 Å². The Morgan fingerprint density at radius 1 is 1.40 bits per heavy atom. The van der Waals surface area contributed by atoms with E-state index in [0.717, 1.165) is 12.1 Å². The Morgan fingerprint density at radius 2 is 2.07 bits per heavy atom. The molecule has 0 radical (unpaired) electrons. The molecule has 15 heavy (non-hydrogen) atoms. The zero-order chi connectivity index (χ0) is 11.1. The molecule has 0 aliphatic carbocycles. The molecule has 0 aliphatic heterocycles. The normalized spacial score (nSPS) is 11.5. The first kappa shape index (κ1) is 11.9. The minimum Gasteiger partial charge on any atom is -0.409 e. The summed E-state index contributed by atoms with van der Waals surface area (Å²) in [6.07, 6.45) is 0. The van der Waals surface area contributed by atoms with Crippen molar-refractivity contribution in [3.05, 3.63) is 35.9 Å². The Balaban J connectivity index is 2.89. The summed E-state index contributed by atoms with van der Waals surface area (Å²) in [6, 6.07) is 9.57. The van der Waals surface area contributed by atoms with Gasteiger partial charge in [-0.25, -0.2) is 0 Å². The average Bonchev–Trinajstić information content (AvgIpc) is 2.30. The van der Waals surface area contributed by atoms with E-state index in [2.05, 4.69) is 5.16 Å². The number of nitrogens with zero attached hydrogens (tertiary/aromatic N) is 2. The lowest BCUT2D eigenvalue weighted by Crippen LogP contribution is -2.33. The molecule has 0 heterocycles. The number of hydrogen-bond donors (Lipinski definition) is 1. The fourth-order valence-electron chi connectivity index (χ4n) is 1.41. The molecule has 0 aliphatic rings. The molecule has 0 unspecified atom stereocenters. The van der Waals surface area contributed by atoms with Crippen LogP contribution in [0.15, 0.2) is 35.5 Å². The number of amidine groups is 1. The van der Waals surface area contributed by atoms with Crippen LogP contribution in [-0.2, 0) is 0 Å². The largest absolute Gasteiger partial charge is 0.409 e. The summed E-state index contributed by atoms with van der Waals surface area (Å²) in [5, 5.41) is 12.3. The molecule has 0 atom stereocenters. The summed E-state index contributed by atoms with van der Waals surface area (Å²) in [5.41, 5.74) is 0.895. The molecule has 0 bridgehead atoms. The molecule has 1 rings (SSSR count). The molecule has 1 aromatic rings. The van der Waals surface area contributed by atoms with Crippen LogP contribution in [0.25, 0.3) is 0 Å². The van der Waals surface area contributed by atoms with Gasteiger partial charge in [-0.1, -0.05) is 35.5 Å². The summed E-state index contributed by atoms with van der Waals surface area (Å²) >= 11 is 5.69. The van der Waals surface area contributed by atoms with E-state index in [9.17, 15) is 0 Å². The second-order valence-corrected chi connectivity index (χ2v) is 3.44. The molecule has 0 spiro atoms. The van der Waals surface area contributed by atoms with Gasteiger partial charge < -0.3 is 10.1 Å². The van der Waals surface area contributed by atoms with Crippen molar-refractivity contribution >= 4 is 17.4 Å². The van der Waals surface area contributed by atoms with Crippen molar-refractivity contribution in [2.24, 2.45) is 5.16 Å². The van der Waals surface area contributed by atoms with Crippen molar-refractivity contribution in [3.8, 4) is 0 Å². The van der Waals surface area contributed by atoms with Gasteiger partial charge in [0.05, 0.1) is 0 Å². The first-order valence-corrected chi connectivity index (χ1v) is 5.45. The third-order valence-electron chi connectivity index (χ3n) is 2.16. The SMILES string of the molecule is CCN(CCCl)/C(=N/O)c1ccccc1. The van der Waals surface area contributed by atoms with E-state index in [1.807, 2.05) is 42.2 Å². The summed E-state index contributed by atoms with van der Waals surface area (Å²) in [6.45, 7) is 3.44. The van der Waals surface area contributed by atoms with E-state index in [-0.39, 0.29) is 0 Å².